The second kappa shape index (κ2) is 3.97. The van der Waals surface area contributed by atoms with Crippen molar-refractivity contribution in [2.45, 2.75) is 32.1 Å². The second-order valence-corrected chi connectivity index (χ2v) is 3.61. The number of halogens is 1. The van der Waals surface area contributed by atoms with Gasteiger partial charge in [0, 0.05) is 4.48 Å². The third-order valence-corrected chi connectivity index (χ3v) is 2.73. The summed E-state index contributed by atoms with van der Waals surface area (Å²) in [7, 11) is 0. The highest BCUT2D eigenvalue weighted by atomic mass is 79.9. The van der Waals surface area contributed by atoms with E-state index in [0.29, 0.717) is 0 Å². The van der Waals surface area contributed by atoms with Crippen LogP contribution < -0.4 is 0 Å². The van der Waals surface area contributed by atoms with E-state index in [-0.39, 0.29) is 0 Å². The molecule has 1 aliphatic rings. The van der Waals surface area contributed by atoms with Crippen molar-refractivity contribution in [2.75, 3.05) is 0 Å². The SMILES string of the molecule is C=C1CCCCC/C=C\1Br. The van der Waals surface area contributed by atoms with E-state index in [0.717, 1.165) is 6.42 Å². The normalized spacial score (nSPS) is 26.5. The first kappa shape index (κ1) is 8.06. The Bertz CT molecular complexity index is 156. The molecule has 1 rings (SSSR count). The van der Waals surface area contributed by atoms with E-state index < -0.39 is 0 Å². The Hall–Kier alpha value is -0.0400. The van der Waals surface area contributed by atoms with Crippen LogP contribution in [0.1, 0.15) is 32.1 Å². The summed E-state index contributed by atoms with van der Waals surface area (Å²) >= 11 is 3.50. The molecule has 0 spiro atoms. The minimum Gasteiger partial charge on any atom is -0.0947 e. The molecule has 0 nitrogen and oxygen atoms in total. The van der Waals surface area contributed by atoms with Crippen molar-refractivity contribution in [3.05, 3.63) is 22.7 Å². The molecule has 0 aromatic carbocycles. The van der Waals surface area contributed by atoms with Gasteiger partial charge in [0.1, 0.15) is 0 Å². The van der Waals surface area contributed by atoms with E-state index >= 15 is 0 Å². The molecular formula is C9H13Br. The van der Waals surface area contributed by atoms with Crippen LogP contribution in [0.25, 0.3) is 0 Å². The fourth-order valence-corrected chi connectivity index (χ4v) is 1.58. The molecular weight excluding hydrogens is 188 g/mol. The summed E-state index contributed by atoms with van der Waals surface area (Å²) < 4.78 is 1.23. The van der Waals surface area contributed by atoms with Crippen LogP contribution in [0.3, 0.4) is 0 Å². The zero-order valence-corrected chi connectivity index (χ0v) is 7.78. The molecule has 0 aromatic heterocycles. The minimum absolute atomic E-state index is 1.16. The summed E-state index contributed by atoms with van der Waals surface area (Å²) in [6.45, 7) is 3.98. The molecule has 0 N–H and O–H groups in total. The van der Waals surface area contributed by atoms with Crippen LogP contribution in [0.4, 0.5) is 0 Å². The van der Waals surface area contributed by atoms with Gasteiger partial charge in [-0.15, -0.1) is 0 Å². The zero-order chi connectivity index (χ0) is 7.40. The average Bonchev–Trinajstić information content (AvgIpc) is 1.92. The van der Waals surface area contributed by atoms with Crippen molar-refractivity contribution in [3.8, 4) is 0 Å². The minimum atomic E-state index is 1.16. The zero-order valence-electron chi connectivity index (χ0n) is 6.20. The van der Waals surface area contributed by atoms with E-state index in [1.807, 2.05) is 0 Å². The molecule has 10 heavy (non-hydrogen) atoms. The molecule has 0 aromatic rings. The van der Waals surface area contributed by atoms with Crippen LogP contribution in [0.15, 0.2) is 22.7 Å². The Balaban J connectivity index is 2.56. The molecule has 0 bridgehead atoms. The summed E-state index contributed by atoms with van der Waals surface area (Å²) in [5, 5.41) is 0. The van der Waals surface area contributed by atoms with Gasteiger partial charge in [-0.1, -0.05) is 35.0 Å². The van der Waals surface area contributed by atoms with E-state index in [4.69, 9.17) is 0 Å². The molecule has 0 atom stereocenters. The van der Waals surface area contributed by atoms with Crippen molar-refractivity contribution in [2.24, 2.45) is 0 Å². The standard InChI is InChI=1S/C9H13Br/c1-8-6-4-2-3-5-7-9(8)10/h7H,1-6H2/b9-7+. The van der Waals surface area contributed by atoms with Gasteiger partial charge in [-0.3, -0.25) is 0 Å². The largest absolute Gasteiger partial charge is 0.0947 e. The summed E-state index contributed by atoms with van der Waals surface area (Å²) in [5.41, 5.74) is 1.26. The highest BCUT2D eigenvalue weighted by molar-refractivity contribution is 9.12. The van der Waals surface area contributed by atoms with Gasteiger partial charge in [-0.25, -0.2) is 0 Å². The fraction of sp³-hybridized carbons (Fsp3) is 0.556. The van der Waals surface area contributed by atoms with Gasteiger partial charge in [0.05, 0.1) is 0 Å². The van der Waals surface area contributed by atoms with Gasteiger partial charge in [0.25, 0.3) is 0 Å². The molecule has 0 saturated carbocycles. The van der Waals surface area contributed by atoms with Crippen molar-refractivity contribution in [3.63, 3.8) is 0 Å². The molecule has 1 heteroatoms. The predicted molar refractivity (Wildman–Crippen MR) is 49.2 cm³/mol. The third-order valence-electron chi connectivity index (χ3n) is 1.84. The molecule has 0 radical (unpaired) electrons. The van der Waals surface area contributed by atoms with Crippen LogP contribution in [0, 0.1) is 0 Å². The third kappa shape index (κ3) is 2.30. The Morgan fingerprint density at radius 3 is 2.90 bits per heavy atom. The predicted octanol–water partition coefficient (Wildman–Crippen LogP) is 3.79. The lowest BCUT2D eigenvalue weighted by molar-refractivity contribution is 0.678. The van der Waals surface area contributed by atoms with E-state index in [9.17, 15) is 0 Å². The molecule has 0 heterocycles. The lowest BCUT2D eigenvalue weighted by atomic mass is 10.0. The molecule has 0 aliphatic heterocycles. The first-order valence-electron chi connectivity index (χ1n) is 3.84. The van der Waals surface area contributed by atoms with Crippen molar-refractivity contribution in [1.82, 2.24) is 0 Å². The first-order valence-corrected chi connectivity index (χ1v) is 4.64. The Labute approximate surface area is 71.1 Å². The highest BCUT2D eigenvalue weighted by Gasteiger charge is 2.01. The maximum Gasteiger partial charge on any atom is 0.0161 e. The highest BCUT2D eigenvalue weighted by Crippen LogP contribution is 2.24. The number of allylic oxidation sites excluding steroid dienone is 3. The van der Waals surface area contributed by atoms with Gasteiger partial charge in [0.2, 0.25) is 0 Å². The summed E-state index contributed by atoms with van der Waals surface area (Å²) in [5.74, 6) is 0. The molecule has 56 valence electrons. The smallest absolute Gasteiger partial charge is 0.0161 e. The van der Waals surface area contributed by atoms with E-state index in [2.05, 4.69) is 28.6 Å². The van der Waals surface area contributed by atoms with Crippen LogP contribution in [0.2, 0.25) is 0 Å². The fourth-order valence-electron chi connectivity index (χ4n) is 1.15. The Morgan fingerprint density at radius 2 is 2.10 bits per heavy atom. The van der Waals surface area contributed by atoms with Crippen LogP contribution in [-0.2, 0) is 0 Å². The summed E-state index contributed by atoms with van der Waals surface area (Å²) in [6, 6.07) is 0. The van der Waals surface area contributed by atoms with Crippen molar-refractivity contribution in [1.29, 1.82) is 0 Å². The van der Waals surface area contributed by atoms with Gasteiger partial charge >= 0.3 is 0 Å². The summed E-state index contributed by atoms with van der Waals surface area (Å²) in [6.07, 6.45) is 8.61. The Morgan fingerprint density at radius 1 is 1.30 bits per heavy atom. The topological polar surface area (TPSA) is 0 Å². The van der Waals surface area contributed by atoms with Gasteiger partial charge in [-0.2, -0.15) is 0 Å². The van der Waals surface area contributed by atoms with Crippen LogP contribution >= 0.6 is 15.9 Å². The summed E-state index contributed by atoms with van der Waals surface area (Å²) in [4.78, 5) is 0. The first-order chi connectivity index (χ1) is 4.80. The number of rotatable bonds is 0. The van der Waals surface area contributed by atoms with E-state index in [1.54, 1.807) is 0 Å². The number of hydrogen-bond donors (Lipinski definition) is 0. The monoisotopic (exact) mass is 200 g/mol. The average molecular weight is 201 g/mol. The maximum atomic E-state index is 3.98. The van der Waals surface area contributed by atoms with Crippen molar-refractivity contribution < 1.29 is 0 Å². The van der Waals surface area contributed by atoms with Crippen LogP contribution in [-0.4, -0.2) is 0 Å². The second-order valence-electron chi connectivity index (χ2n) is 2.75. The lowest BCUT2D eigenvalue weighted by Crippen LogP contribution is -1.87. The Kier molecular flexibility index (Phi) is 3.20. The van der Waals surface area contributed by atoms with Gasteiger partial charge in [-0.05, 0) is 31.3 Å². The molecule has 0 saturated heterocycles. The van der Waals surface area contributed by atoms with Gasteiger partial charge in [0.15, 0.2) is 0 Å². The van der Waals surface area contributed by atoms with Crippen LogP contribution in [0.5, 0.6) is 0 Å². The molecule has 0 fully saturated rings. The van der Waals surface area contributed by atoms with Gasteiger partial charge < -0.3 is 0 Å². The molecule has 0 amide bonds. The van der Waals surface area contributed by atoms with E-state index in [1.165, 1.54) is 35.7 Å². The quantitative estimate of drug-likeness (QED) is 0.559. The number of hydrogen-bond acceptors (Lipinski definition) is 0. The lowest BCUT2D eigenvalue weighted by Gasteiger charge is -2.07. The molecule has 1 aliphatic carbocycles. The van der Waals surface area contributed by atoms with Crippen molar-refractivity contribution >= 4 is 15.9 Å². The maximum absolute atomic E-state index is 3.98. The molecule has 0 unspecified atom stereocenters.